The van der Waals surface area contributed by atoms with Gasteiger partial charge in [0, 0.05) is 50.8 Å². The molecule has 0 atom stereocenters. The molecule has 4 rings (SSSR count). The molecule has 0 aromatic heterocycles. The molecule has 2 N–H and O–H groups in total. The zero-order valence-corrected chi connectivity index (χ0v) is 30.5. The van der Waals surface area contributed by atoms with E-state index in [4.69, 9.17) is 21.1 Å². The van der Waals surface area contributed by atoms with Gasteiger partial charge in [0.2, 0.25) is 11.8 Å². The molecule has 1 heterocycles. The molecule has 1 aliphatic carbocycles. The van der Waals surface area contributed by atoms with Gasteiger partial charge in [-0.3, -0.25) is 19.3 Å². The van der Waals surface area contributed by atoms with Crippen LogP contribution in [0.25, 0.3) is 12.2 Å². The maximum absolute atomic E-state index is 13.5. The highest BCUT2D eigenvalue weighted by Crippen LogP contribution is 2.25. The molecule has 276 valence electrons. The molecule has 0 spiro atoms. The van der Waals surface area contributed by atoms with Crippen LogP contribution in [0.5, 0.6) is 0 Å². The molecule has 2 aromatic rings. The number of ether oxygens (including phenoxy) is 2. The monoisotopic (exact) mass is 723 g/mol. The van der Waals surface area contributed by atoms with Crippen molar-refractivity contribution in [2.45, 2.75) is 57.4 Å². The molecule has 2 aliphatic rings. The number of hydrogen-bond acceptors (Lipinski definition) is 7. The lowest BCUT2D eigenvalue weighted by Gasteiger charge is -2.29. The van der Waals surface area contributed by atoms with Crippen molar-refractivity contribution in [3.63, 3.8) is 0 Å². The van der Waals surface area contributed by atoms with E-state index in [9.17, 15) is 18.8 Å². The van der Waals surface area contributed by atoms with E-state index in [1.54, 1.807) is 30.4 Å². The van der Waals surface area contributed by atoms with Gasteiger partial charge in [-0.2, -0.15) is 0 Å². The Bertz CT molecular complexity index is 1500. The van der Waals surface area contributed by atoms with Crippen LogP contribution >= 0.6 is 11.6 Å². The third-order valence-electron chi connectivity index (χ3n) is 8.84. The van der Waals surface area contributed by atoms with Crippen LogP contribution < -0.4 is 15.5 Å². The van der Waals surface area contributed by atoms with Gasteiger partial charge >= 0.3 is 0 Å². The average molecular weight is 724 g/mol. The summed E-state index contributed by atoms with van der Waals surface area (Å²) in [7, 11) is 3.91. The number of amidine groups is 1. The minimum Gasteiger partial charge on any atom is -0.379 e. The summed E-state index contributed by atoms with van der Waals surface area (Å²) in [6.07, 6.45) is 12.0. The summed E-state index contributed by atoms with van der Waals surface area (Å²) in [6, 6.07) is 13.6. The van der Waals surface area contributed by atoms with Crippen molar-refractivity contribution in [3.8, 4) is 0 Å². The van der Waals surface area contributed by atoms with Gasteiger partial charge in [-0.05, 0) is 86.1 Å². The summed E-state index contributed by atoms with van der Waals surface area (Å²) < 4.78 is 24.6. The maximum atomic E-state index is 13.5. The van der Waals surface area contributed by atoms with Crippen LogP contribution in [0.15, 0.2) is 65.3 Å². The number of aliphatic imine (C=N–C) groups is 1. The van der Waals surface area contributed by atoms with Crippen LogP contribution in [0.3, 0.4) is 0 Å². The predicted molar refractivity (Wildman–Crippen MR) is 201 cm³/mol. The molecule has 0 unspecified atom stereocenters. The summed E-state index contributed by atoms with van der Waals surface area (Å²) in [4.78, 5) is 47.4. The van der Waals surface area contributed by atoms with E-state index < -0.39 is 0 Å². The lowest BCUT2D eigenvalue weighted by atomic mass is 9.85. The quantitative estimate of drug-likeness (QED) is 0.101. The van der Waals surface area contributed by atoms with Crippen LogP contribution in [-0.4, -0.2) is 94.0 Å². The molecule has 51 heavy (non-hydrogen) atoms. The van der Waals surface area contributed by atoms with E-state index in [0.717, 1.165) is 49.1 Å². The van der Waals surface area contributed by atoms with Crippen LogP contribution in [0.2, 0.25) is 0 Å². The molecule has 0 bridgehead atoms. The summed E-state index contributed by atoms with van der Waals surface area (Å²) in [5, 5.41) is 6.01. The zero-order chi connectivity index (χ0) is 36.4. The van der Waals surface area contributed by atoms with Crippen molar-refractivity contribution >= 4 is 53.0 Å². The number of amides is 3. The lowest BCUT2D eigenvalue weighted by molar-refractivity contribution is -0.129. The Labute approximate surface area is 306 Å². The third kappa shape index (κ3) is 13.5. The van der Waals surface area contributed by atoms with E-state index in [-0.39, 0.29) is 47.7 Å². The van der Waals surface area contributed by atoms with Crippen molar-refractivity contribution in [1.29, 1.82) is 0 Å². The van der Waals surface area contributed by atoms with Crippen LogP contribution in [0.1, 0.15) is 62.5 Å². The molecule has 1 aliphatic heterocycles. The highest BCUT2D eigenvalue weighted by Gasteiger charge is 2.32. The van der Waals surface area contributed by atoms with E-state index in [1.165, 1.54) is 17.0 Å². The van der Waals surface area contributed by atoms with Gasteiger partial charge in [-0.25, -0.2) is 9.38 Å². The summed E-state index contributed by atoms with van der Waals surface area (Å²) in [5.41, 5.74) is 2.77. The second-order valence-corrected chi connectivity index (χ2v) is 13.4. The Hall–Kier alpha value is -4.06. The van der Waals surface area contributed by atoms with Gasteiger partial charge in [0.15, 0.2) is 0 Å². The number of unbranched alkanes of at least 4 members (excludes halogenated alkanes) is 3. The van der Waals surface area contributed by atoms with Gasteiger partial charge in [-0.15, -0.1) is 11.6 Å². The molecular formula is C39H51ClFN5O5. The standard InChI is InChI=1S/C39H51ClFN5O5/c1-45(2)34-18-9-30(10-19-34)27-35-39(49)46(36(44-35)20-11-29-7-14-32(41)15-8-29)28-37(47)43-33-16-12-31(13-17-33)38(48)42-22-24-51-26-25-50-23-6-4-3-5-21-40/h7-11,14-15,18-20,27,31,33H,3-6,12-13,16-17,21-26,28H2,1-2H3,(H,42,48)(H,43,47)/b20-11+,35-27+. The molecular weight excluding hydrogens is 673 g/mol. The Morgan fingerprint density at radius 2 is 1.57 bits per heavy atom. The van der Waals surface area contributed by atoms with Crippen LogP contribution in [0.4, 0.5) is 10.1 Å². The van der Waals surface area contributed by atoms with Crippen molar-refractivity contribution in [2.24, 2.45) is 10.9 Å². The Kier molecular flexibility index (Phi) is 16.6. The molecule has 1 fully saturated rings. The predicted octanol–water partition coefficient (Wildman–Crippen LogP) is 5.81. The largest absolute Gasteiger partial charge is 0.379 e. The number of rotatable bonds is 20. The van der Waals surface area contributed by atoms with Gasteiger partial charge < -0.3 is 25.0 Å². The molecule has 2 aromatic carbocycles. The molecule has 0 saturated heterocycles. The van der Waals surface area contributed by atoms with E-state index in [0.29, 0.717) is 63.8 Å². The fourth-order valence-electron chi connectivity index (χ4n) is 5.90. The Morgan fingerprint density at radius 1 is 0.902 bits per heavy atom. The Morgan fingerprint density at radius 3 is 2.25 bits per heavy atom. The van der Waals surface area contributed by atoms with E-state index >= 15 is 0 Å². The van der Waals surface area contributed by atoms with Gasteiger partial charge in [-0.1, -0.05) is 43.2 Å². The van der Waals surface area contributed by atoms with Crippen molar-refractivity contribution in [1.82, 2.24) is 15.5 Å². The first-order chi connectivity index (χ1) is 24.7. The molecule has 0 radical (unpaired) electrons. The number of benzene rings is 2. The van der Waals surface area contributed by atoms with Crippen molar-refractivity contribution in [2.75, 3.05) is 64.4 Å². The fraction of sp³-hybridized carbons (Fsp3) is 0.487. The molecule has 12 heteroatoms. The van der Waals surface area contributed by atoms with Crippen molar-refractivity contribution < 1.29 is 28.2 Å². The maximum Gasteiger partial charge on any atom is 0.278 e. The summed E-state index contributed by atoms with van der Waals surface area (Å²) >= 11 is 5.68. The second-order valence-electron chi connectivity index (χ2n) is 13.0. The van der Waals surface area contributed by atoms with Crippen LogP contribution in [0, 0.1) is 11.7 Å². The average Bonchev–Trinajstić information content (AvgIpc) is 3.41. The first kappa shape index (κ1) is 39.7. The molecule has 3 amide bonds. The van der Waals surface area contributed by atoms with Gasteiger partial charge in [0.05, 0.1) is 19.8 Å². The molecule has 1 saturated carbocycles. The second kappa shape index (κ2) is 21.3. The SMILES string of the molecule is CN(C)c1ccc(/C=C2N=C(/C=C/c3ccc(F)cc3)N(CC(=O)NC3CCC(C(=O)NCCOCCOCCCCCCCl)CC3)C/2=O)cc1. The van der Waals surface area contributed by atoms with Crippen LogP contribution in [-0.2, 0) is 23.9 Å². The minimum atomic E-state index is -0.383. The smallest absolute Gasteiger partial charge is 0.278 e. The number of hydrogen-bond donors (Lipinski definition) is 2. The third-order valence-corrected chi connectivity index (χ3v) is 9.11. The highest BCUT2D eigenvalue weighted by atomic mass is 35.5. The fourth-order valence-corrected chi connectivity index (χ4v) is 6.09. The van der Waals surface area contributed by atoms with Gasteiger partial charge in [0.1, 0.15) is 23.9 Å². The number of halogens is 2. The number of nitrogens with zero attached hydrogens (tertiary/aromatic N) is 3. The number of anilines is 1. The minimum absolute atomic E-state index is 0.00343. The topological polar surface area (TPSA) is 113 Å². The van der Waals surface area contributed by atoms with Crippen molar-refractivity contribution in [3.05, 3.63) is 77.2 Å². The molecule has 10 nitrogen and oxygen atoms in total. The number of nitrogens with one attached hydrogen (secondary N) is 2. The number of carbonyl (C=O) groups is 3. The first-order valence-electron chi connectivity index (χ1n) is 17.9. The lowest BCUT2D eigenvalue weighted by Crippen LogP contribution is -2.46. The highest BCUT2D eigenvalue weighted by molar-refractivity contribution is 6.19. The summed E-state index contributed by atoms with van der Waals surface area (Å²) in [5.74, 6) is -0.114. The van der Waals surface area contributed by atoms with Gasteiger partial charge in [0.25, 0.3) is 5.91 Å². The summed E-state index contributed by atoms with van der Waals surface area (Å²) in [6.45, 7) is 2.41. The first-order valence-corrected chi connectivity index (χ1v) is 18.4. The normalized spacial score (nSPS) is 18.4. The number of carbonyl (C=O) groups excluding carboxylic acids is 3. The zero-order valence-electron chi connectivity index (χ0n) is 29.8. The van der Waals surface area contributed by atoms with E-state index in [2.05, 4.69) is 15.6 Å². The number of alkyl halides is 1. The Balaban J connectivity index is 1.22. The van der Waals surface area contributed by atoms with E-state index in [1.807, 2.05) is 43.3 Å².